The summed E-state index contributed by atoms with van der Waals surface area (Å²) in [5, 5.41) is 10.7. The van der Waals surface area contributed by atoms with E-state index in [1.807, 2.05) is 11.6 Å². The molecule has 6 heteroatoms. The molecule has 90 valence electrons. The van der Waals surface area contributed by atoms with E-state index in [-0.39, 0.29) is 5.82 Å². The summed E-state index contributed by atoms with van der Waals surface area (Å²) in [5.41, 5.74) is 6.33. The summed E-state index contributed by atoms with van der Waals surface area (Å²) in [5.74, 6) is 0.510. The van der Waals surface area contributed by atoms with Crippen LogP contribution >= 0.6 is 0 Å². The first kappa shape index (κ1) is 11.4. The fraction of sp³-hybridized carbons (Fsp3) is 0.273. The molecule has 17 heavy (non-hydrogen) atoms. The zero-order chi connectivity index (χ0) is 12.3. The molecule has 0 saturated carbocycles. The molecule has 0 unspecified atom stereocenters. The molecule has 0 saturated heterocycles. The molecule has 2 rings (SSSR count). The molecule has 3 N–H and O–H groups in total. The lowest BCUT2D eigenvalue weighted by molar-refractivity contribution is 0.630. The maximum Gasteiger partial charge on any atom is 0.148 e. The number of hydrogen-bond acceptors (Lipinski definition) is 4. The fourth-order valence-electron chi connectivity index (χ4n) is 1.52. The molecule has 1 heterocycles. The molecule has 0 radical (unpaired) electrons. The Bertz CT molecular complexity index is 508. The van der Waals surface area contributed by atoms with Crippen LogP contribution in [0.2, 0.25) is 0 Å². The van der Waals surface area contributed by atoms with Crippen molar-refractivity contribution < 1.29 is 4.39 Å². The number of rotatable bonds is 4. The number of nitrogen functional groups attached to an aromatic ring is 1. The third-order valence-electron chi connectivity index (χ3n) is 2.46. The van der Waals surface area contributed by atoms with E-state index in [1.165, 1.54) is 6.07 Å². The van der Waals surface area contributed by atoms with Gasteiger partial charge in [0.15, 0.2) is 0 Å². The highest BCUT2D eigenvalue weighted by atomic mass is 19.1. The van der Waals surface area contributed by atoms with Gasteiger partial charge < -0.3 is 15.6 Å². The third kappa shape index (κ3) is 2.72. The molecule has 0 bridgehead atoms. The van der Waals surface area contributed by atoms with Crippen LogP contribution in [0.3, 0.4) is 0 Å². The van der Waals surface area contributed by atoms with Gasteiger partial charge in [0.2, 0.25) is 0 Å². The topological polar surface area (TPSA) is 68.8 Å². The normalized spacial score (nSPS) is 10.5. The molecule has 0 aliphatic rings. The summed E-state index contributed by atoms with van der Waals surface area (Å²) in [6.07, 6.45) is 2.32. The summed E-state index contributed by atoms with van der Waals surface area (Å²) in [6.45, 7) is 0.591. The van der Waals surface area contributed by atoms with Crippen molar-refractivity contribution in [3.63, 3.8) is 0 Å². The Hall–Kier alpha value is -2.11. The number of nitrogens with two attached hydrogens (primary N) is 1. The van der Waals surface area contributed by atoms with Crippen molar-refractivity contribution in [1.82, 2.24) is 14.8 Å². The van der Waals surface area contributed by atoms with Crippen LogP contribution in [-0.4, -0.2) is 21.3 Å². The van der Waals surface area contributed by atoms with Gasteiger partial charge in [0.25, 0.3) is 0 Å². The number of nitrogens with one attached hydrogen (secondary N) is 1. The van der Waals surface area contributed by atoms with Crippen LogP contribution < -0.4 is 11.1 Å². The second kappa shape index (κ2) is 4.82. The highest BCUT2D eigenvalue weighted by molar-refractivity contribution is 5.52. The van der Waals surface area contributed by atoms with Crippen LogP contribution in [0.4, 0.5) is 15.8 Å². The number of hydrogen-bond donors (Lipinski definition) is 2. The molecule has 0 aliphatic heterocycles. The van der Waals surface area contributed by atoms with E-state index in [1.54, 1.807) is 18.5 Å². The van der Waals surface area contributed by atoms with Crippen molar-refractivity contribution in [2.75, 3.05) is 17.6 Å². The molecule has 0 fully saturated rings. The van der Waals surface area contributed by atoms with Crippen LogP contribution in [0.15, 0.2) is 24.5 Å². The van der Waals surface area contributed by atoms with Crippen LogP contribution in [-0.2, 0) is 13.5 Å². The monoisotopic (exact) mass is 235 g/mol. The average Bonchev–Trinajstić information content (AvgIpc) is 2.68. The van der Waals surface area contributed by atoms with Gasteiger partial charge in [-0.25, -0.2) is 4.39 Å². The van der Waals surface area contributed by atoms with Gasteiger partial charge in [0.05, 0.1) is 5.69 Å². The van der Waals surface area contributed by atoms with Crippen molar-refractivity contribution in [3.05, 3.63) is 36.2 Å². The predicted molar refractivity (Wildman–Crippen MR) is 64.0 cm³/mol. The van der Waals surface area contributed by atoms with Gasteiger partial charge in [-0.3, -0.25) is 0 Å². The van der Waals surface area contributed by atoms with Crippen molar-refractivity contribution in [3.8, 4) is 0 Å². The number of anilines is 2. The van der Waals surface area contributed by atoms with Crippen molar-refractivity contribution in [2.45, 2.75) is 6.42 Å². The minimum absolute atomic E-state index is 0.344. The Morgan fingerprint density at radius 2 is 2.29 bits per heavy atom. The van der Waals surface area contributed by atoms with E-state index in [0.717, 1.165) is 5.82 Å². The predicted octanol–water partition coefficient (Wildman–Crippen LogP) is 1.19. The van der Waals surface area contributed by atoms with E-state index in [4.69, 9.17) is 5.73 Å². The molecular formula is C11H14FN5. The van der Waals surface area contributed by atoms with Crippen molar-refractivity contribution in [1.29, 1.82) is 0 Å². The van der Waals surface area contributed by atoms with Gasteiger partial charge in [0.1, 0.15) is 18.0 Å². The number of halogens is 1. The van der Waals surface area contributed by atoms with Crippen molar-refractivity contribution >= 4 is 11.4 Å². The summed E-state index contributed by atoms with van der Waals surface area (Å²) in [6, 6.07) is 4.58. The van der Waals surface area contributed by atoms with Gasteiger partial charge in [0, 0.05) is 25.7 Å². The van der Waals surface area contributed by atoms with Crippen LogP contribution in [0.5, 0.6) is 0 Å². The van der Waals surface area contributed by atoms with Gasteiger partial charge in [-0.15, -0.1) is 10.2 Å². The summed E-state index contributed by atoms with van der Waals surface area (Å²) in [7, 11) is 1.87. The van der Waals surface area contributed by atoms with E-state index < -0.39 is 0 Å². The van der Waals surface area contributed by atoms with E-state index >= 15 is 0 Å². The highest BCUT2D eigenvalue weighted by Crippen LogP contribution is 2.16. The van der Waals surface area contributed by atoms with Crippen LogP contribution in [0, 0.1) is 5.82 Å². The first-order chi connectivity index (χ1) is 8.16. The lowest BCUT2D eigenvalue weighted by atomic mass is 10.2. The third-order valence-corrected chi connectivity index (χ3v) is 2.46. The number of nitrogens with zero attached hydrogens (tertiary/aromatic N) is 3. The first-order valence-electron chi connectivity index (χ1n) is 5.28. The standard InChI is InChI=1S/C11H14FN5/c1-17-7-15-16-11(17)4-5-14-10-3-2-8(13)6-9(10)12/h2-3,6-7,14H,4-5,13H2,1H3. The molecule has 0 spiro atoms. The largest absolute Gasteiger partial charge is 0.399 e. The molecule has 0 atom stereocenters. The van der Waals surface area contributed by atoms with E-state index in [2.05, 4.69) is 15.5 Å². The molecule has 0 amide bonds. The minimum Gasteiger partial charge on any atom is -0.399 e. The Morgan fingerprint density at radius 3 is 2.94 bits per heavy atom. The quantitative estimate of drug-likeness (QED) is 0.781. The van der Waals surface area contributed by atoms with E-state index in [0.29, 0.717) is 24.3 Å². The minimum atomic E-state index is -0.344. The average molecular weight is 235 g/mol. The van der Waals surface area contributed by atoms with Gasteiger partial charge >= 0.3 is 0 Å². The first-order valence-corrected chi connectivity index (χ1v) is 5.28. The Morgan fingerprint density at radius 1 is 1.47 bits per heavy atom. The Balaban J connectivity index is 1.92. The molecule has 0 aliphatic carbocycles. The Labute approximate surface area is 98.5 Å². The maximum absolute atomic E-state index is 13.4. The summed E-state index contributed by atoms with van der Waals surface area (Å²) in [4.78, 5) is 0. The van der Waals surface area contributed by atoms with Gasteiger partial charge in [-0.2, -0.15) is 0 Å². The number of aromatic nitrogens is 3. The highest BCUT2D eigenvalue weighted by Gasteiger charge is 2.03. The summed E-state index contributed by atoms with van der Waals surface area (Å²) < 4.78 is 15.3. The SMILES string of the molecule is Cn1cnnc1CCNc1ccc(N)cc1F. The molecule has 1 aromatic heterocycles. The lowest BCUT2D eigenvalue weighted by Crippen LogP contribution is -2.09. The molecular weight excluding hydrogens is 221 g/mol. The second-order valence-corrected chi connectivity index (χ2v) is 3.77. The van der Waals surface area contributed by atoms with Crippen molar-refractivity contribution in [2.24, 2.45) is 7.05 Å². The van der Waals surface area contributed by atoms with Crippen LogP contribution in [0.1, 0.15) is 5.82 Å². The smallest absolute Gasteiger partial charge is 0.148 e. The molecule has 5 nitrogen and oxygen atoms in total. The molecule has 1 aromatic carbocycles. The fourth-order valence-corrected chi connectivity index (χ4v) is 1.52. The van der Waals surface area contributed by atoms with Crippen LogP contribution in [0.25, 0.3) is 0 Å². The lowest BCUT2D eigenvalue weighted by Gasteiger charge is -2.07. The maximum atomic E-state index is 13.4. The summed E-state index contributed by atoms with van der Waals surface area (Å²) >= 11 is 0. The second-order valence-electron chi connectivity index (χ2n) is 3.77. The number of benzene rings is 1. The van der Waals surface area contributed by atoms with Gasteiger partial charge in [-0.1, -0.05) is 0 Å². The zero-order valence-electron chi connectivity index (χ0n) is 9.52. The zero-order valence-corrected chi connectivity index (χ0v) is 9.52. The van der Waals surface area contributed by atoms with E-state index in [9.17, 15) is 4.39 Å². The Kier molecular flexibility index (Phi) is 3.22. The number of aryl methyl sites for hydroxylation is 1. The van der Waals surface area contributed by atoms with Gasteiger partial charge in [-0.05, 0) is 18.2 Å². The molecule has 2 aromatic rings.